The molecule has 2 heterocycles. The predicted octanol–water partition coefficient (Wildman–Crippen LogP) is 4.88. The molecule has 152 valence electrons. The van der Waals surface area contributed by atoms with Crippen LogP contribution in [0.4, 0.5) is 0 Å². The lowest BCUT2D eigenvalue weighted by atomic mass is 10.1. The van der Waals surface area contributed by atoms with Gasteiger partial charge in [0.1, 0.15) is 6.54 Å². The summed E-state index contributed by atoms with van der Waals surface area (Å²) in [6.07, 6.45) is 2.31. The van der Waals surface area contributed by atoms with E-state index in [4.69, 9.17) is 4.74 Å². The summed E-state index contributed by atoms with van der Waals surface area (Å²) in [4.78, 5) is 16.1. The van der Waals surface area contributed by atoms with E-state index in [0.29, 0.717) is 19.6 Å². The smallest absolute Gasteiger partial charge is 0.242 e. The number of para-hydroxylation sites is 1. The van der Waals surface area contributed by atoms with Crippen LogP contribution in [0.25, 0.3) is 10.9 Å². The van der Waals surface area contributed by atoms with Crippen LogP contribution in [0.1, 0.15) is 25.0 Å². The number of thioether (sulfide) groups is 1. The first-order valence-corrected chi connectivity index (χ1v) is 11.2. The monoisotopic (exact) mass is 408 g/mol. The molecule has 1 aromatic heterocycles. The third kappa shape index (κ3) is 4.51. The lowest BCUT2D eigenvalue weighted by molar-refractivity contribution is -0.143. The van der Waals surface area contributed by atoms with Crippen molar-refractivity contribution < 1.29 is 9.53 Å². The van der Waals surface area contributed by atoms with Gasteiger partial charge in [-0.15, -0.1) is 11.8 Å². The number of rotatable bonds is 5. The molecule has 2 aromatic carbocycles. The SMILES string of the molecule is Cc1ccccc1CSc1cn(CC(=O)N2C[C@@H](C)O[C@@H](C)C2)c2ccccc12. The molecular weight excluding hydrogens is 380 g/mol. The van der Waals surface area contributed by atoms with Gasteiger partial charge in [0.25, 0.3) is 0 Å². The fourth-order valence-corrected chi connectivity index (χ4v) is 5.18. The van der Waals surface area contributed by atoms with Gasteiger partial charge in [-0.2, -0.15) is 0 Å². The molecule has 4 rings (SSSR count). The van der Waals surface area contributed by atoms with Gasteiger partial charge in [0, 0.05) is 40.8 Å². The lowest BCUT2D eigenvalue weighted by Crippen LogP contribution is -2.49. The van der Waals surface area contributed by atoms with Crippen molar-refractivity contribution in [3.05, 3.63) is 65.9 Å². The molecule has 4 nitrogen and oxygen atoms in total. The number of fused-ring (bicyclic) bond motifs is 1. The minimum atomic E-state index is 0.0873. The molecule has 0 spiro atoms. The number of hydrogen-bond acceptors (Lipinski definition) is 3. The van der Waals surface area contributed by atoms with Gasteiger partial charge in [0.2, 0.25) is 5.91 Å². The lowest BCUT2D eigenvalue weighted by Gasteiger charge is -2.35. The normalized spacial score (nSPS) is 19.6. The number of benzene rings is 2. The summed E-state index contributed by atoms with van der Waals surface area (Å²) in [7, 11) is 0. The summed E-state index contributed by atoms with van der Waals surface area (Å²) in [5.74, 6) is 1.08. The van der Waals surface area contributed by atoms with Crippen LogP contribution in [0.3, 0.4) is 0 Å². The number of aryl methyl sites for hydroxylation is 1. The fraction of sp³-hybridized carbons (Fsp3) is 0.375. The van der Waals surface area contributed by atoms with Gasteiger partial charge in [-0.05, 0) is 38.0 Å². The van der Waals surface area contributed by atoms with Crippen LogP contribution >= 0.6 is 11.8 Å². The van der Waals surface area contributed by atoms with Gasteiger partial charge < -0.3 is 14.2 Å². The van der Waals surface area contributed by atoms with E-state index in [1.807, 2.05) is 36.6 Å². The second-order valence-electron chi connectivity index (χ2n) is 7.91. The maximum Gasteiger partial charge on any atom is 0.242 e. The Kier molecular flexibility index (Phi) is 5.97. The third-order valence-corrected chi connectivity index (χ3v) is 6.57. The Morgan fingerprint density at radius 1 is 1.07 bits per heavy atom. The van der Waals surface area contributed by atoms with Crippen molar-refractivity contribution >= 4 is 28.6 Å². The first kappa shape index (κ1) is 20.0. The van der Waals surface area contributed by atoms with Crippen LogP contribution in [-0.2, 0) is 21.8 Å². The summed E-state index contributed by atoms with van der Waals surface area (Å²) >= 11 is 1.84. The number of morpholine rings is 1. The first-order chi connectivity index (χ1) is 14.0. The van der Waals surface area contributed by atoms with Crippen molar-refractivity contribution in [3.8, 4) is 0 Å². The second-order valence-corrected chi connectivity index (χ2v) is 8.93. The van der Waals surface area contributed by atoms with Crippen LogP contribution in [0.5, 0.6) is 0 Å². The molecule has 1 amide bonds. The molecule has 2 atom stereocenters. The van der Waals surface area contributed by atoms with E-state index in [0.717, 1.165) is 11.3 Å². The van der Waals surface area contributed by atoms with E-state index in [2.05, 4.69) is 60.2 Å². The van der Waals surface area contributed by atoms with E-state index in [9.17, 15) is 4.79 Å². The number of aromatic nitrogens is 1. The number of carbonyl (C=O) groups is 1. The molecule has 5 heteroatoms. The summed E-state index contributed by atoms with van der Waals surface area (Å²) in [5, 5.41) is 1.21. The molecule has 3 aromatic rings. The molecule has 0 aliphatic carbocycles. The van der Waals surface area contributed by atoms with Crippen molar-refractivity contribution in [2.24, 2.45) is 0 Å². The highest BCUT2D eigenvalue weighted by Gasteiger charge is 2.26. The van der Waals surface area contributed by atoms with Gasteiger partial charge >= 0.3 is 0 Å². The van der Waals surface area contributed by atoms with Crippen LogP contribution in [0, 0.1) is 6.92 Å². The van der Waals surface area contributed by atoms with Crippen molar-refractivity contribution in [2.45, 2.75) is 50.2 Å². The molecule has 0 unspecified atom stereocenters. The van der Waals surface area contributed by atoms with E-state index in [1.165, 1.54) is 21.4 Å². The Hall–Kier alpha value is -2.24. The average Bonchev–Trinajstić information content (AvgIpc) is 3.04. The quantitative estimate of drug-likeness (QED) is 0.565. The molecule has 0 radical (unpaired) electrons. The first-order valence-electron chi connectivity index (χ1n) is 10.2. The maximum atomic E-state index is 13.0. The standard InChI is InChI=1S/C24H28N2O2S/c1-17-8-4-5-9-20(17)16-29-23-14-25(22-11-7-6-10-21(22)23)15-24(27)26-12-18(2)28-19(3)13-26/h4-11,14,18-19H,12-13,15-16H2,1-3H3/t18-,19+. The molecule has 29 heavy (non-hydrogen) atoms. The van der Waals surface area contributed by atoms with Crippen LogP contribution in [-0.4, -0.2) is 40.7 Å². The summed E-state index contributed by atoms with van der Waals surface area (Å²) in [6.45, 7) is 7.91. The van der Waals surface area contributed by atoms with Crippen molar-refractivity contribution in [1.29, 1.82) is 0 Å². The van der Waals surface area contributed by atoms with E-state index in [1.54, 1.807) is 0 Å². The molecule has 1 fully saturated rings. The Labute approximate surface area is 176 Å². The Morgan fingerprint density at radius 3 is 2.52 bits per heavy atom. The average molecular weight is 409 g/mol. The Morgan fingerprint density at radius 2 is 1.76 bits per heavy atom. The molecule has 1 aliphatic heterocycles. The van der Waals surface area contributed by atoms with Gasteiger partial charge in [-0.25, -0.2) is 0 Å². The van der Waals surface area contributed by atoms with E-state index < -0.39 is 0 Å². The van der Waals surface area contributed by atoms with Gasteiger partial charge in [-0.1, -0.05) is 42.5 Å². The molecule has 0 N–H and O–H groups in total. The van der Waals surface area contributed by atoms with E-state index >= 15 is 0 Å². The minimum absolute atomic E-state index is 0.0873. The number of carbonyl (C=O) groups excluding carboxylic acids is 1. The third-order valence-electron chi connectivity index (χ3n) is 5.47. The van der Waals surface area contributed by atoms with Gasteiger partial charge in [0.05, 0.1) is 12.2 Å². The highest BCUT2D eigenvalue weighted by Crippen LogP contribution is 2.32. The molecule has 0 saturated carbocycles. The minimum Gasteiger partial charge on any atom is -0.372 e. The van der Waals surface area contributed by atoms with Crippen LogP contribution < -0.4 is 0 Å². The van der Waals surface area contributed by atoms with Crippen LogP contribution in [0.2, 0.25) is 0 Å². The summed E-state index contributed by atoms with van der Waals surface area (Å²) in [6, 6.07) is 16.9. The zero-order valence-corrected chi connectivity index (χ0v) is 18.1. The largest absolute Gasteiger partial charge is 0.372 e. The Bertz CT molecular complexity index is 1000. The van der Waals surface area contributed by atoms with Gasteiger partial charge in [-0.3, -0.25) is 4.79 Å². The van der Waals surface area contributed by atoms with Crippen molar-refractivity contribution in [2.75, 3.05) is 13.1 Å². The van der Waals surface area contributed by atoms with Crippen molar-refractivity contribution in [3.63, 3.8) is 0 Å². The number of nitrogens with zero attached hydrogens (tertiary/aromatic N) is 2. The van der Waals surface area contributed by atoms with Gasteiger partial charge in [0.15, 0.2) is 0 Å². The van der Waals surface area contributed by atoms with Crippen LogP contribution in [0.15, 0.2) is 59.6 Å². The highest BCUT2D eigenvalue weighted by atomic mass is 32.2. The second kappa shape index (κ2) is 8.64. The molecular formula is C24H28N2O2S. The van der Waals surface area contributed by atoms with E-state index in [-0.39, 0.29) is 18.1 Å². The summed E-state index contributed by atoms with van der Waals surface area (Å²) < 4.78 is 7.87. The predicted molar refractivity (Wildman–Crippen MR) is 119 cm³/mol. The Balaban J connectivity index is 1.54. The fourth-order valence-electron chi connectivity index (χ4n) is 4.01. The zero-order valence-electron chi connectivity index (χ0n) is 17.3. The van der Waals surface area contributed by atoms with Crippen molar-refractivity contribution in [1.82, 2.24) is 9.47 Å². The highest BCUT2D eigenvalue weighted by molar-refractivity contribution is 7.98. The molecule has 1 saturated heterocycles. The molecule has 1 aliphatic rings. The maximum absolute atomic E-state index is 13.0. The number of hydrogen-bond donors (Lipinski definition) is 0. The summed E-state index contributed by atoms with van der Waals surface area (Å²) in [5.41, 5.74) is 3.78. The topological polar surface area (TPSA) is 34.5 Å². The zero-order chi connectivity index (χ0) is 20.4. The molecule has 0 bridgehead atoms. The number of amides is 1. The number of ether oxygens (including phenoxy) is 1.